The molecule has 6 heteroatoms. The zero-order valence-corrected chi connectivity index (χ0v) is 13.0. The molecule has 1 heterocycles. The second kappa shape index (κ2) is 5.35. The minimum Gasteiger partial charge on any atom is -0.507 e. The van der Waals surface area contributed by atoms with E-state index in [0.717, 1.165) is 0 Å². The molecule has 1 N–H and O–H groups in total. The molecular weight excluding hydrogens is 276 g/mol. The molecule has 0 atom stereocenters. The highest BCUT2D eigenvalue weighted by Crippen LogP contribution is 2.26. The highest BCUT2D eigenvalue weighted by Gasteiger charge is 2.33. The molecule has 0 aromatic heterocycles. The van der Waals surface area contributed by atoms with E-state index in [1.54, 1.807) is 12.1 Å². The van der Waals surface area contributed by atoms with Crippen molar-refractivity contribution in [3.63, 3.8) is 0 Å². The van der Waals surface area contributed by atoms with Gasteiger partial charge in [-0.05, 0) is 32.9 Å². The summed E-state index contributed by atoms with van der Waals surface area (Å²) in [7, 11) is -3.60. The number of nitrogens with zero attached hydrogens (tertiary/aromatic N) is 2. The van der Waals surface area contributed by atoms with Crippen molar-refractivity contribution in [3.05, 3.63) is 24.3 Å². The monoisotopic (exact) mass is 298 g/mol. The minimum absolute atomic E-state index is 0.00999. The Labute approximate surface area is 120 Å². The molecule has 20 heavy (non-hydrogen) atoms. The first-order valence-corrected chi connectivity index (χ1v) is 8.20. The lowest BCUT2D eigenvalue weighted by molar-refractivity contribution is 0.0921. The van der Waals surface area contributed by atoms with Gasteiger partial charge in [0.25, 0.3) is 0 Å². The van der Waals surface area contributed by atoms with Crippen LogP contribution in [0.1, 0.15) is 20.8 Å². The summed E-state index contributed by atoms with van der Waals surface area (Å²) < 4.78 is 26.5. The number of hydrogen-bond donors (Lipinski definition) is 1. The van der Waals surface area contributed by atoms with E-state index in [1.165, 1.54) is 16.4 Å². The quantitative estimate of drug-likeness (QED) is 0.899. The molecule has 1 fully saturated rings. The third-order valence-electron chi connectivity index (χ3n) is 3.67. The average molecular weight is 298 g/mol. The largest absolute Gasteiger partial charge is 0.507 e. The molecule has 2 rings (SSSR count). The van der Waals surface area contributed by atoms with Gasteiger partial charge in [-0.1, -0.05) is 12.1 Å². The van der Waals surface area contributed by atoms with Crippen molar-refractivity contribution < 1.29 is 13.5 Å². The number of aromatic hydroxyl groups is 1. The van der Waals surface area contributed by atoms with Crippen LogP contribution in [-0.2, 0) is 10.0 Å². The number of piperazine rings is 1. The van der Waals surface area contributed by atoms with Gasteiger partial charge in [0.2, 0.25) is 10.0 Å². The fourth-order valence-corrected chi connectivity index (χ4v) is 3.92. The molecule has 1 aromatic carbocycles. The van der Waals surface area contributed by atoms with Gasteiger partial charge in [0, 0.05) is 31.7 Å². The fraction of sp³-hybridized carbons (Fsp3) is 0.571. The summed E-state index contributed by atoms with van der Waals surface area (Å²) >= 11 is 0. The van der Waals surface area contributed by atoms with Gasteiger partial charge in [0.15, 0.2) is 0 Å². The van der Waals surface area contributed by atoms with E-state index in [1.807, 2.05) is 0 Å². The summed E-state index contributed by atoms with van der Waals surface area (Å²) in [6, 6.07) is 6.09. The van der Waals surface area contributed by atoms with Crippen LogP contribution < -0.4 is 0 Å². The molecule has 1 aromatic rings. The molecule has 0 amide bonds. The van der Waals surface area contributed by atoms with Crippen molar-refractivity contribution in [2.75, 3.05) is 26.2 Å². The van der Waals surface area contributed by atoms with Gasteiger partial charge in [0.05, 0.1) is 0 Å². The average Bonchev–Trinajstić information content (AvgIpc) is 2.38. The summed E-state index contributed by atoms with van der Waals surface area (Å²) in [4.78, 5) is 2.26. The molecule has 0 unspecified atom stereocenters. The van der Waals surface area contributed by atoms with Crippen LogP contribution in [0.3, 0.4) is 0 Å². The van der Waals surface area contributed by atoms with Crippen molar-refractivity contribution >= 4 is 10.0 Å². The van der Waals surface area contributed by atoms with Gasteiger partial charge in [-0.3, -0.25) is 4.90 Å². The lowest BCUT2D eigenvalue weighted by Crippen LogP contribution is -2.54. The maximum Gasteiger partial charge on any atom is 0.246 e. The highest BCUT2D eigenvalue weighted by atomic mass is 32.2. The summed E-state index contributed by atoms with van der Waals surface area (Å²) in [5.74, 6) is -0.189. The van der Waals surface area contributed by atoms with Crippen molar-refractivity contribution in [3.8, 4) is 5.75 Å². The third-order valence-corrected chi connectivity index (χ3v) is 5.62. The predicted octanol–water partition coefficient (Wildman–Crippen LogP) is 1.50. The maximum atomic E-state index is 12.5. The topological polar surface area (TPSA) is 60.9 Å². The number of benzene rings is 1. The Balaban J connectivity index is 2.16. The van der Waals surface area contributed by atoms with E-state index in [4.69, 9.17) is 0 Å². The van der Waals surface area contributed by atoms with Gasteiger partial charge in [-0.25, -0.2) is 8.42 Å². The molecule has 112 valence electrons. The first kappa shape index (κ1) is 15.3. The van der Waals surface area contributed by atoms with Crippen LogP contribution in [0.2, 0.25) is 0 Å². The van der Waals surface area contributed by atoms with E-state index < -0.39 is 10.0 Å². The Morgan fingerprint density at radius 2 is 1.60 bits per heavy atom. The second-order valence-electron chi connectivity index (χ2n) is 6.03. The third kappa shape index (κ3) is 2.97. The van der Waals surface area contributed by atoms with Crippen molar-refractivity contribution in [1.82, 2.24) is 9.21 Å². The number of phenols is 1. The van der Waals surface area contributed by atoms with Gasteiger partial charge in [-0.2, -0.15) is 4.31 Å². The second-order valence-corrected chi connectivity index (χ2v) is 7.94. The van der Waals surface area contributed by atoms with Gasteiger partial charge in [-0.15, -0.1) is 0 Å². The van der Waals surface area contributed by atoms with Crippen LogP contribution in [0.25, 0.3) is 0 Å². The molecule has 5 nitrogen and oxygen atoms in total. The molecule has 0 saturated carbocycles. The standard InChI is InChI=1S/C14H22N2O3S/c1-14(2,3)15-8-10-16(11-9-15)20(18,19)13-7-5-4-6-12(13)17/h4-7,17H,8-11H2,1-3H3. The van der Waals surface area contributed by atoms with Crippen LogP contribution >= 0.6 is 0 Å². The fourth-order valence-electron chi connectivity index (χ4n) is 2.41. The first-order valence-electron chi connectivity index (χ1n) is 6.76. The number of para-hydroxylation sites is 1. The van der Waals surface area contributed by atoms with E-state index in [-0.39, 0.29) is 16.2 Å². The lowest BCUT2D eigenvalue weighted by atomic mass is 10.1. The smallest absolute Gasteiger partial charge is 0.246 e. The van der Waals surface area contributed by atoms with Crippen molar-refractivity contribution in [2.24, 2.45) is 0 Å². The van der Waals surface area contributed by atoms with Crippen LogP contribution in [-0.4, -0.2) is 54.4 Å². The predicted molar refractivity (Wildman–Crippen MR) is 78.2 cm³/mol. The van der Waals surface area contributed by atoms with Crippen LogP contribution in [0.4, 0.5) is 0 Å². The Bertz CT molecular complexity index is 570. The highest BCUT2D eigenvalue weighted by molar-refractivity contribution is 7.89. The normalized spacial score (nSPS) is 19.1. The number of sulfonamides is 1. The summed E-state index contributed by atoms with van der Waals surface area (Å²) in [6.45, 7) is 8.69. The van der Waals surface area contributed by atoms with E-state index in [2.05, 4.69) is 25.7 Å². The van der Waals surface area contributed by atoms with Gasteiger partial charge in [0.1, 0.15) is 10.6 Å². The van der Waals surface area contributed by atoms with Crippen LogP contribution in [0.15, 0.2) is 29.2 Å². The summed E-state index contributed by atoms with van der Waals surface area (Å²) in [6.07, 6.45) is 0. The molecule has 1 aliphatic heterocycles. The van der Waals surface area contributed by atoms with Gasteiger partial charge < -0.3 is 5.11 Å². The van der Waals surface area contributed by atoms with Gasteiger partial charge >= 0.3 is 0 Å². The summed E-state index contributed by atoms with van der Waals surface area (Å²) in [5, 5.41) is 9.74. The van der Waals surface area contributed by atoms with E-state index in [0.29, 0.717) is 26.2 Å². The van der Waals surface area contributed by atoms with E-state index >= 15 is 0 Å². The van der Waals surface area contributed by atoms with E-state index in [9.17, 15) is 13.5 Å². The number of rotatable bonds is 2. The Morgan fingerprint density at radius 3 is 2.10 bits per heavy atom. The Kier molecular flexibility index (Phi) is 4.09. The Hall–Kier alpha value is -1.11. The number of phenolic OH excluding ortho intramolecular Hbond substituents is 1. The lowest BCUT2D eigenvalue weighted by Gasteiger charge is -2.41. The maximum absolute atomic E-state index is 12.5. The molecule has 0 radical (unpaired) electrons. The minimum atomic E-state index is -3.60. The molecule has 0 bridgehead atoms. The molecule has 1 aliphatic rings. The Morgan fingerprint density at radius 1 is 1.05 bits per heavy atom. The van der Waals surface area contributed by atoms with Crippen molar-refractivity contribution in [2.45, 2.75) is 31.2 Å². The van der Waals surface area contributed by atoms with Crippen molar-refractivity contribution in [1.29, 1.82) is 0 Å². The zero-order chi connectivity index (χ0) is 15.0. The van der Waals surface area contributed by atoms with Crippen LogP contribution in [0, 0.1) is 0 Å². The molecular formula is C14H22N2O3S. The zero-order valence-electron chi connectivity index (χ0n) is 12.2. The molecule has 0 spiro atoms. The molecule has 1 saturated heterocycles. The van der Waals surface area contributed by atoms with Crippen LogP contribution in [0.5, 0.6) is 5.75 Å². The SMILES string of the molecule is CC(C)(C)N1CCN(S(=O)(=O)c2ccccc2O)CC1. The molecule has 0 aliphatic carbocycles. The first-order chi connectivity index (χ1) is 9.23. The summed E-state index contributed by atoms with van der Waals surface area (Å²) in [5.41, 5.74) is 0.0464. The number of hydrogen-bond acceptors (Lipinski definition) is 4.